The highest BCUT2D eigenvalue weighted by atomic mass is 79.9. The Hall–Kier alpha value is -3.78. The number of ether oxygens (including phenoxy) is 3. The molecule has 35 heavy (non-hydrogen) atoms. The normalized spacial score (nSPS) is 14.0. The first-order valence-electron chi connectivity index (χ1n) is 11.1. The average Bonchev–Trinajstić information content (AvgIpc) is 3.30. The number of likely N-dealkylation sites (N-methyl/N-ethyl adjacent to an activating group) is 1. The van der Waals surface area contributed by atoms with Gasteiger partial charge in [0.05, 0.1) is 17.3 Å². The van der Waals surface area contributed by atoms with E-state index in [9.17, 15) is 9.59 Å². The lowest BCUT2D eigenvalue weighted by Crippen LogP contribution is -2.24. The number of methoxy groups -OCH3 is 1. The molecule has 0 saturated carbocycles. The number of carbonyl (C=O) groups is 2. The highest BCUT2D eigenvalue weighted by Gasteiger charge is 2.31. The number of nitrogens with one attached hydrogen (secondary N) is 1. The smallest absolute Gasteiger partial charge is 0.255 e. The van der Waals surface area contributed by atoms with Crippen molar-refractivity contribution < 1.29 is 23.8 Å². The molecule has 5 rings (SSSR count). The fraction of sp³-hybridized carbons (Fsp3) is 0.185. The summed E-state index contributed by atoms with van der Waals surface area (Å²) in [6.45, 7) is 0.757. The molecule has 2 aliphatic rings. The summed E-state index contributed by atoms with van der Waals surface area (Å²) in [6, 6.07) is 15.9. The van der Waals surface area contributed by atoms with E-state index in [0.29, 0.717) is 52.7 Å². The van der Waals surface area contributed by atoms with Crippen LogP contribution in [0.3, 0.4) is 0 Å². The first-order chi connectivity index (χ1) is 17.0. The molecular weight excluding hydrogens is 512 g/mol. The van der Waals surface area contributed by atoms with Crippen molar-refractivity contribution in [1.29, 1.82) is 0 Å². The Labute approximate surface area is 211 Å². The van der Waals surface area contributed by atoms with Crippen molar-refractivity contribution in [2.75, 3.05) is 32.8 Å². The van der Waals surface area contributed by atoms with Crippen molar-refractivity contribution in [1.82, 2.24) is 4.90 Å². The Morgan fingerprint density at radius 3 is 2.43 bits per heavy atom. The molecule has 0 saturated heterocycles. The van der Waals surface area contributed by atoms with Crippen molar-refractivity contribution in [3.8, 4) is 17.2 Å². The van der Waals surface area contributed by atoms with E-state index in [4.69, 9.17) is 14.2 Å². The summed E-state index contributed by atoms with van der Waals surface area (Å²) in [6.07, 6.45) is 2.54. The minimum atomic E-state index is -0.205. The summed E-state index contributed by atoms with van der Waals surface area (Å²) in [5.41, 5.74) is 4.03. The molecule has 3 aromatic rings. The molecule has 0 radical (unpaired) electrons. The monoisotopic (exact) mass is 534 g/mol. The van der Waals surface area contributed by atoms with E-state index in [1.54, 1.807) is 43.5 Å². The van der Waals surface area contributed by atoms with Crippen LogP contribution in [0.4, 0.5) is 5.69 Å². The predicted molar refractivity (Wildman–Crippen MR) is 136 cm³/mol. The van der Waals surface area contributed by atoms with Crippen LogP contribution >= 0.6 is 15.9 Å². The van der Waals surface area contributed by atoms with E-state index in [-0.39, 0.29) is 18.5 Å². The molecule has 2 aliphatic heterocycles. The number of rotatable bonds is 5. The summed E-state index contributed by atoms with van der Waals surface area (Å²) < 4.78 is 17.8. The van der Waals surface area contributed by atoms with Gasteiger partial charge in [-0.2, -0.15) is 0 Å². The minimum Gasteiger partial charge on any atom is -0.492 e. The van der Waals surface area contributed by atoms with Crippen molar-refractivity contribution in [2.45, 2.75) is 6.42 Å². The lowest BCUT2D eigenvalue weighted by Gasteiger charge is -2.20. The van der Waals surface area contributed by atoms with Crippen molar-refractivity contribution in [2.24, 2.45) is 0 Å². The zero-order valence-electron chi connectivity index (χ0n) is 19.3. The number of allylic oxidation sites excluding steroid dienone is 1. The van der Waals surface area contributed by atoms with Crippen LogP contribution in [-0.2, 0) is 6.42 Å². The summed E-state index contributed by atoms with van der Waals surface area (Å²) in [7, 11) is 3.48. The Kier molecular flexibility index (Phi) is 6.21. The van der Waals surface area contributed by atoms with Gasteiger partial charge in [0.25, 0.3) is 5.91 Å². The number of fused-ring (bicyclic) bond motifs is 2. The third kappa shape index (κ3) is 4.25. The standard InChI is InChI=1S/C27H23BrN2O5/c1-30-13-12-19-20(24(33-2)26-25(22(19)28)34-15-35-26)14-21(30)23(31)16-8-10-18(11-9-16)29-27(32)17-6-4-3-5-7-17/h3-11,14H,12-13,15H2,1-2H3,(H,29,32). The fourth-order valence-electron chi connectivity index (χ4n) is 4.26. The van der Waals surface area contributed by atoms with Crippen LogP contribution in [0.2, 0.25) is 0 Å². The van der Waals surface area contributed by atoms with Crippen molar-refractivity contribution >= 4 is 39.4 Å². The molecule has 0 fully saturated rings. The number of amides is 1. The number of hydrogen-bond acceptors (Lipinski definition) is 6. The zero-order valence-corrected chi connectivity index (χ0v) is 20.8. The third-order valence-corrected chi connectivity index (χ3v) is 6.96. The molecule has 0 atom stereocenters. The molecule has 2 heterocycles. The van der Waals surface area contributed by atoms with Crippen LogP contribution in [0.15, 0.2) is 64.8 Å². The Bertz CT molecular complexity index is 1340. The summed E-state index contributed by atoms with van der Waals surface area (Å²) in [5, 5.41) is 2.86. The van der Waals surface area contributed by atoms with E-state index in [1.165, 1.54) is 0 Å². The third-order valence-electron chi connectivity index (χ3n) is 6.12. The highest BCUT2D eigenvalue weighted by Crippen LogP contribution is 2.51. The van der Waals surface area contributed by atoms with Crippen LogP contribution in [0, 0.1) is 0 Å². The molecule has 0 aromatic heterocycles. The molecule has 0 unspecified atom stereocenters. The number of hydrogen-bond donors (Lipinski definition) is 1. The second-order valence-corrected chi connectivity index (χ2v) is 9.02. The van der Waals surface area contributed by atoms with E-state index in [1.807, 2.05) is 36.2 Å². The first-order valence-corrected chi connectivity index (χ1v) is 11.9. The molecule has 1 N–H and O–H groups in total. The van der Waals surface area contributed by atoms with Crippen LogP contribution in [0.5, 0.6) is 17.2 Å². The van der Waals surface area contributed by atoms with Gasteiger partial charge >= 0.3 is 0 Å². The van der Waals surface area contributed by atoms with Crippen LogP contribution < -0.4 is 19.5 Å². The number of nitrogens with zero attached hydrogens (tertiary/aromatic N) is 1. The van der Waals surface area contributed by atoms with Gasteiger partial charge in [-0.15, -0.1) is 0 Å². The Balaban J connectivity index is 1.45. The molecule has 3 aromatic carbocycles. The number of ketones is 1. The van der Waals surface area contributed by atoms with Gasteiger partial charge in [0.15, 0.2) is 11.5 Å². The van der Waals surface area contributed by atoms with Gasteiger partial charge in [0.2, 0.25) is 18.3 Å². The lowest BCUT2D eigenvalue weighted by atomic mass is 10.0. The highest BCUT2D eigenvalue weighted by molar-refractivity contribution is 9.10. The molecule has 7 nitrogen and oxygen atoms in total. The van der Waals surface area contributed by atoms with Gasteiger partial charge in [0, 0.05) is 36.0 Å². The van der Waals surface area contributed by atoms with Gasteiger partial charge in [-0.25, -0.2) is 0 Å². The molecule has 8 heteroatoms. The fourth-order valence-corrected chi connectivity index (χ4v) is 4.96. The van der Waals surface area contributed by atoms with E-state index >= 15 is 0 Å². The van der Waals surface area contributed by atoms with Gasteiger partial charge < -0.3 is 24.4 Å². The van der Waals surface area contributed by atoms with Crippen LogP contribution in [0.25, 0.3) is 6.08 Å². The van der Waals surface area contributed by atoms with Gasteiger partial charge in [-0.05, 0) is 70.4 Å². The van der Waals surface area contributed by atoms with Crippen LogP contribution in [0.1, 0.15) is 31.8 Å². The lowest BCUT2D eigenvalue weighted by molar-refractivity contribution is 0.0999. The van der Waals surface area contributed by atoms with Crippen LogP contribution in [-0.4, -0.2) is 44.1 Å². The number of Topliss-reactive ketones (excluding diaryl/α,β-unsaturated/α-hetero) is 1. The summed E-state index contributed by atoms with van der Waals surface area (Å²) in [4.78, 5) is 27.9. The second kappa shape index (κ2) is 9.46. The molecule has 178 valence electrons. The SMILES string of the molecule is COc1c2c(c(Br)c3c1OCO3)CCN(C)C(C(=O)c1ccc(NC(=O)c3ccccc3)cc1)=C2. The minimum absolute atomic E-state index is 0.121. The second-order valence-electron chi connectivity index (χ2n) is 8.23. The van der Waals surface area contributed by atoms with Crippen molar-refractivity contribution in [3.63, 3.8) is 0 Å². The number of carbonyl (C=O) groups excluding carboxylic acids is 2. The Morgan fingerprint density at radius 2 is 1.71 bits per heavy atom. The molecule has 1 amide bonds. The molecule has 0 aliphatic carbocycles. The van der Waals surface area contributed by atoms with E-state index in [2.05, 4.69) is 21.2 Å². The quantitative estimate of drug-likeness (QED) is 0.456. The van der Waals surface area contributed by atoms with Gasteiger partial charge in [-0.3, -0.25) is 9.59 Å². The Morgan fingerprint density at radius 1 is 1.00 bits per heavy atom. The van der Waals surface area contributed by atoms with E-state index in [0.717, 1.165) is 15.6 Å². The number of anilines is 1. The molecule has 0 bridgehead atoms. The maximum absolute atomic E-state index is 13.5. The summed E-state index contributed by atoms with van der Waals surface area (Å²) in [5.74, 6) is 1.38. The van der Waals surface area contributed by atoms with Gasteiger partial charge in [-0.1, -0.05) is 18.2 Å². The molecular formula is C27H23BrN2O5. The predicted octanol–water partition coefficient (Wildman–Crippen LogP) is 5.15. The van der Waals surface area contributed by atoms with Crippen molar-refractivity contribution in [3.05, 3.63) is 87.0 Å². The van der Waals surface area contributed by atoms with Gasteiger partial charge in [0.1, 0.15) is 0 Å². The summed E-state index contributed by atoms with van der Waals surface area (Å²) >= 11 is 3.65. The maximum atomic E-state index is 13.5. The molecule has 0 spiro atoms. The number of halogens is 1. The first kappa shape index (κ1) is 23.0. The topological polar surface area (TPSA) is 77.1 Å². The number of benzene rings is 3. The maximum Gasteiger partial charge on any atom is 0.255 e. The van der Waals surface area contributed by atoms with E-state index < -0.39 is 0 Å². The average molecular weight is 535 g/mol. The largest absolute Gasteiger partial charge is 0.492 e. The zero-order chi connectivity index (χ0) is 24.5.